The van der Waals surface area contributed by atoms with Gasteiger partial charge in [0.25, 0.3) is 0 Å². The number of nitrogens with one attached hydrogen (secondary N) is 1. The third kappa shape index (κ3) is 4.35. The van der Waals surface area contributed by atoms with Crippen LogP contribution in [-0.4, -0.2) is 57.8 Å². The van der Waals surface area contributed by atoms with Crippen LogP contribution < -0.4 is 15.0 Å². The molecular weight excluding hydrogens is 264 g/mol. The first-order chi connectivity index (χ1) is 10.3. The highest BCUT2D eigenvalue weighted by Gasteiger charge is 2.18. The topological polar surface area (TPSA) is 51.5 Å². The summed E-state index contributed by atoms with van der Waals surface area (Å²) in [6, 6.07) is 10.5. The molecule has 1 aliphatic heterocycles. The maximum atomic E-state index is 8.94. The van der Waals surface area contributed by atoms with E-state index in [0.717, 1.165) is 44.9 Å². The molecule has 0 amide bonds. The molecule has 0 spiro atoms. The van der Waals surface area contributed by atoms with Crippen LogP contribution in [0.25, 0.3) is 0 Å². The van der Waals surface area contributed by atoms with Crippen LogP contribution in [0.3, 0.4) is 0 Å². The Labute approximate surface area is 127 Å². The van der Waals surface area contributed by atoms with Crippen molar-refractivity contribution >= 4 is 5.69 Å². The minimum atomic E-state index is -0.0374. The zero-order valence-electron chi connectivity index (χ0n) is 12.9. The summed E-state index contributed by atoms with van der Waals surface area (Å²) in [6.45, 7) is 5.14. The number of hydrogen-bond donors (Lipinski definition) is 1. The van der Waals surface area contributed by atoms with Crippen LogP contribution in [0.4, 0.5) is 5.69 Å². The first-order valence-corrected chi connectivity index (χ1v) is 7.45. The van der Waals surface area contributed by atoms with E-state index in [-0.39, 0.29) is 6.04 Å². The van der Waals surface area contributed by atoms with Gasteiger partial charge in [-0.3, -0.25) is 4.90 Å². The number of rotatable bonds is 6. The Morgan fingerprint density at radius 2 is 1.90 bits per heavy atom. The Morgan fingerprint density at radius 1 is 1.24 bits per heavy atom. The molecule has 1 aliphatic rings. The van der Waals surface area contributed by atoms with Crippen LogP contribution in [0.2, 0.25) is 0 Å². The molecule has 1 atom stereocenters. The first-order valence-electron chi connectivity index (χ1n) is 7.45. The number of benzene rings is 1. The van der Waals surface area contributed by atoms with Gasteiger partial charge in [-0.25, -0.2) is 0 Å². The van der Waals surface area contributed by atoms with Gasteiger partial charge in [0.05, 0.1) is 19.2 Å². The maximum Gasteiger partial charge on any atom is 0.119 e. The molecule has 114 valence electrons. The van der Waals surface area contributed by atoms with Crippen LogP contribution in [0.1, 0.15) is 6.42 Å². The molecule has 0 radical (unpaired) electrons. The van der Waals surface area contributed by atoms with E-state index in [9.17, 15) is 0 Å². The lowest BCUT2D eigenvalue weighted by Gasteiger charge is -2.36. The molecular formula is C16H24N4O. The number of anilines is 1. The van der Waals surface area contributed by atoms with Gasteiger partial charge in [-0.2, -0.15) is 5.26 Å². The van der Waals surface area contributed by atoms with Crippen molar-refractivity contribution in [1.29, 1.82) is 5.26 Å². The molecule has 1 aromatic rings. The van der Waals surface area contributed by atoms with Crippen LogP contribution in [0, 0.1) is 11.3 Å². The van der Waals surface area contributed by atoms with Gasteiger partial charge >= 0.3 is 0 Å². The van der Waals surface area contributed by atoms with Crippen molar-refractivity contribution in [2.45, 2.75) is 12.5 Å². The second-order valence-electron chi connectivity index (χ2n) is 5.29. The third-order valence-electron chi connectivity index (χ3n) is 4.05. The Kier molecular flexibility index (Phi) is 5.85. The molecule has 1 fully saturated rings. The molecule has 0 saturated carbocycles. The minimum absolute atomic E-state index is 0.0374. The van der Waals surface area contributed by atoms with E-state index in [1.165, 1.54) is 5.69 Å². The van der Waals surface area contributed by atoms with Crippen molar-refractivity contribution < 1.29 is 4.74 Å². The fourth-order valence-electron chi connectivity index (χ4n) is 2.61. The van der Waals surface area contributed by atoms with E-state index in [4.69, 9.17) is 10.00 Å². The van der Waals surface area contributed by atoms with Crippen LogP contribution in [0.15, 0.2) is 24.3 Å². The lowest BCUT2D eigenvalue weighted by molar-refractivity contribution is 0.250. The number of ether oxygens (including phenoxy) is 1. The van der Waals surface area contributed by atoms with Gasteiger partial charge in [-0.1, -0.05) is 0 Å². The molecule has 0 aromatic heterocycles. The van der Waals surface area contributed by atoms with Gasteiger partial charge in [-0.15, -0.1) is 0 Å². The highest BCUT2D eigenvalue weighted by molar-refractivity contribution is 5.49. The van der Waals surface area contributed by atoms with E-state index >= 15 is 0 Å². The maximum absolute atomic E-state index is 8.94. The molecule has 5 heteroatoms. The van der Waals surface area contributed by atoms with Crippen molar-refractivity contribution in [1.82, 2.24) is 10.2 Å². The van der Waals surface area contributed by atoms with Crippen molar-refractivity contribution in [3.8, 4) is 11.8 Å². The Hall–Kier alpha value is -1.77. The average Bonchev–Trinajstić information content (AvgIpc) is 2.56. The van der Waals surface area contributed by atoms with Crippen molar-refractivity contribution in [3.63, 3.8) is 0 Å². The summed E-state index contributed by atoms with van der Waals surface area (Å²) in [5.41, 5.74) is 1.25. The molecule has 0 bridgehead atoms. The Morgan fingerprint density at radius 3 is 2.43 bits per heavy atom. The molecule has 1 aromatic carbocycles. The van der Waals surface area contributed by atoms with Gasteiger partial charge < -0.3 is 15.0 Å². The number of nitrogens with zero attached hydrogens (tertiary/aromatic N) is 3. The molecule has 2 rings (SSSR count). The Bertz CT molecular complexity index is 460. The normalized spacial score (nSPS) is 17.3. The lowest BCUT2D eigenvalue weighted by atomic mass is 10.2. The number of piperazine rings is 1. The van der Waals surface area contributed by atoms with E-state index in [0.29, 0.717) is 0 Å². The standard InChI is InChI=1S/C16H24N4O/c1-18-14(13-17)7-8-19-9-11-20(12-10-19)15-3-5-16(21-2)6-4-15/h3-6,14,18H,7-12H2,1-2H3. The molecule has 21 heavy (non-hydrogen) atoms. The summed E-state index contributed by atoms with van der Waals surface area (Å²) in [4.78, 5) is 4.83. The van der Waals surface area contributed by atoms with Crippen LogP contribution in [-0.2, 0) is 0 Å². The van der Waals surface area contributed by atoms with Crippen LogP contribution >= 0.6 is 0 Å². The van der Waals surface area contributed by atoms with Crippen molar-refractivity contribution in [3.05, 3.63) is 24.3 Å². The van der Waals surface area contributed by atoms with Gasteiger partial charge in [0.2, 0.25) is 0 Å². The number of methoxy groups -OCH3 is 1. The summed E-state index contributed by atoms with van der Waals surface area (Å²) < 4.78 is 5.19. The van der Waals surface area contributed by atoms with Gasteiger partial charge in [-0.05, 0) is 37.7 Å². The fraction of sp³-hybridized carbons (Fsp3) is 0.562. The van der Waals surface area contributed by atoms with Gasteiger partial charge in [0, 0.05) is 38.4 Å². The van der Waals surface area contributed by atoms with Crippen molar-refractivity contribution in [2.24, 2.45) is 0 Å². The SMILES string of the molecule is CNC(C#N)CCN1CCN(c2ccc(OC)cc2)CC1. The summed E-state index contributed by atoms with van der Waals surface area (Å²) >= 11 is 0. The van der Waals surface area contributed by atoms with E-state index in [1.807, 2.05) is 19.2 Å². The lowest BCUT2D eigenvalue weighted by Crippen LogP contribution is -2.47. The summed E-state index contributed by atoms with van der Waals surface area (Å²) in [7, 11) is 3.53. The Balaban J connectivity index is 1.78. The smallest absolute Gasteiger partial charge is 0.119 e. The first kappa shape index (κ1) is 15.6. The molecule has 1 heterocycles. The summed E-state index contributed by atoms with van der Waals surface area (Å²) in [5, 5.41) is 12.0. The van der Waals surface area contributed by atoms with E-state index in [2.05, 4.69) is 33.3 Å². The second-order valence-corrected chi connectivity index (χ2v) is 5.29. The highest BCUT2D eigenvalue weighted by atomic mass is 16.5. The zero-order chi connectivity index (χ0) is 15.1. The highest BCUT2D eigenvalue weighted by Crippen LogP contribution is 2.20. The van der Waals surface area contributed by atoms with E-state index < -0.39 is 0 Å². The quantitative estimate of drug-likeness (QED) is 0.855. The fourth-order valence-corrected chi connectivity index (χ4v) is 2.61. The largest absolute Gasteiger partial charge is 0.497 e. The van der Waals surface area contributed by atoms with Crippen molar-refractivity contribution in [2.75, 3.05) is 51.8 Å². The predicted molar refractivity (Wildman–Crippen MR) is 84.7 cm³/mol. The summed E-state index contributed by atoms with van der Waals surface area (Å²) in [5.74, 6) is 0.895. The summed E-state index contributed by atoms with van der Waals surface area (Å²) in [6.07, 6.45) is 0.884. The monoisotopic (exact) mass is 288 g/mol. The predicted octanol–water partition coefficient (Wildman–Crippen LogP) is 1.32. The molecule has 0 aliphatic carbocycles. The number of nitriles is 1. The molecule has 5 nitrogen and oxygen atoms in total. The molecule has 1 unspecified atom stereocenters. The second kappa shape index (κ2) is 7.87. The molecule has 1 saturated heterocycles. The van der Waals surface area contributed by atoms with Gasteiger partial charge in [0.15, 0.2) is 0 Å². The average molecular weight is 288 g/mol. The minimum Gasteiger partial charge on any atom is -0.497 e. The van der Waals surface area contributed by atoms with E-state index in [1.54, 1.807) is 7.11 Å². The van der Waals surface area contributed by atoms with Crippen LogP contribution in [0.5, 0.6) is 5.75 Å². The molecule has 1 N–H and O–H groups in total. The zero-order valence-corrected chi connectivity index (χ0v) is 12.9. The number of hydrogen-bond acceptors (Lipinski definition) is 5. The third-order valence-corrected chi connectivity index (χ3v) is 4.05. The van der Waals surface area contributed by atoms with Gasteiger partial charge in [0.1, 0.15) is 5.75 Å².